The molecule has 0 heterocycles. The molecule has 264 valence electrons. The van der Waals surface area contributed by atoms with E-state index < -0.39 is 6.10 Å². The van der Waals surface area contributed by atoms with Crippen molar-refractivity contribution in [2.24, 2.45) is 0 Å². The third-order valence-corrected chi connectivity index (χ3v) is 8.50. The Morgan fingerprint density at radius 2 is 0.889 bits per heavy atom. The molecule has 0 aromatic carbocycles. The van der Waals surface area contributed by atoms with Crippen molar-refractivity contribution in [2.75, 3.05) is 13.2 Å². The number of hydrogen-bond acceptors (Lipinski definition) is 5. The van der Waals surface area contributed by atoms with Crippen molar-refractivity contribution >= 4 is 11.9 Å². The maximum atomic E-state index is 12.2. The van der Waals surface area contributed by atoms with E-state index in [4.69, 9.17) is 9.47 Å². The average Bonchev–Trinajstić information content (AvgIpc) is 3.04. The second-order valence-electron chi connectivity index (χ2n) is 13.0. The van der Waals surface area contributed by atoms with Gasteiger partial charge in [-0.1, -0.05) is 167 Å². The van der Waals surface area contributed by atoms with Gasteiger partial charge < -0.3 is 14.6 Å². The summed E-state index contributed by atoms with van der Waals surface area (Å²) in [6.07, 6.45) is 42.3. The molecule has 0 amide bonds. The van der Waals surface area contributed by atoms with Gasteiger partial charge in [-0.3, -0.25) is 9.59 Å². The zero-order valence-corrected chi connectivity index (χ0v) is 29.9. The number of ether oxygens (including phenoxy) is 2. The third kappa shape index (κ3) is 35.1. The molecule has 0 saturated heterocycles. The number of hydrogen-bond donors (Lipinski definition) is 1. The number of aliphatic hydroxyl groups excluding tert-OH is 1. The number of esters is 2. The fourth-order valence-corrected chi connectivity index (χ4v) is 5.53. The summed E-state index contributed by atoms with van der Waals surface area (Å²) in [5.74, 6) is -0.593. The zero-order valence-electron chi connectivity index (χ0n) is 29.9. The van der Waals surface area contributed by atoms with Crippen LogP contribution in [0.4, 0.5) is 0 Å². The number of carbonyl (C=O) groups excluding carboxylic acids is 2. The normalized spacial score (nSPS) is 12.3. The number of allylic oxidation sites excluding steroid dienone is 4. The van der Waals surface area contributed by atoms with E-state index in [0.717, 1.165) is 51.4 Å². The Balaban J connectivity index is 3.55. The molecular weight excluding hydrogens is 560 g/mol. The molecule has 0 spiro atoms. The predicted molar refractivity (Wildman–Crippen MR) is 191 cm³/mol. The highest BCUT2D eigenvalue weighted by Crippen LogP contribution is 2.14. The van der Waals surface area contributed by atoms with Crippen molar-refractivity contribution in [3.8, 4) is 0 Å². The van der Waals surface area contributed by atoms with Crippen LogP contribution in [0.15, 0.2) is 24.3 Å². The second kappa shape index (κ2) is 36.8. The standard InChI is InChI=1S/C40H74O5/c1-3-5-7-9-11-13-15-17-19-20-21-23-25-27-29-31-33-35-40(43)45-38(36-41)37-44-39(42)34-32-30-28-26-24-22-18-16-14-12-10-8-6-4-2/h11,13,17,19,38,41H,3-10,12,14-16,18,20-37H2,1-2H3/b13-11+,19-17+/t38-/m0/s1. The summed E-state index contributed by atoms with van der Waals surface area (Å²) in [6.45, 7) is 4.11. The molecule has 5 heteroatoms. The molecule has 0 radical (unpaired) electrons. The molecule has 0 aromatic heterocycles. The number of aliphatic hydroxyl groups is 1. The molecular formula is C40H74O5. The number of rotatable bonds is 35. The largest absolute Gasteiger partial charge is 0.462 e. The Hall–Kier alpha value is -1.62. The summed E-state index contributed by atoms with van der Waals surface area (Å²) in [7, 11) is 0. The lowest BCUT2D eigenvalue weighted by Gasteiger charge is -2.15. The maximum Gasteiger partial charge on any atom is 0.306 e. The molecule has 0 unspecified atom stereocenters. The highest BCUT2D eigenvalue weighted by molar-refractivity contribution is 5.70. The van der Waals surface area contributed by atoms with Gasteiger partial charge in [-0.25, -0.2) is 0 Å². The van der Waals surface area contributed by atoms with Gasteiger partial charge in [-0.05, 0) is 44.9 Å². The van der Waals surface area contributed by atoms with E-state index in [1.807, 2.05) is 0 Å². The van der Waals surface area contributed by atoms with Gasteiger partial charge in [0, 0.05) is 12.8 Å². The van der Waals surface area contributed by atoms with E-state index in [2.05, 4.69) is 38.2 Å². The van der Waals surface area contributed by atoms with Gasteiger partial charge in [0.15, 0.2) is 6.10 Å². The summed E-state index contributed by atoms with van der Waals surface area (Å²) in [4.78, 5) is 24.2. The Labute approximate surface area is 279 Å². The van der Waals surface area contributed by atoms with Crippen LogP contribution in [-0.2, 0) is 19.1 Å². The van der Waals surface area contributed by atoms with Crippen LogP contribution in [0.2, 0.25) is 0 Å². The molecule has 0 aliphatic rings. The highest BCUT2D eigenvalue weighted by atomic mass is 16.6. The van der Waals surface area contributed by atoms with Crippen molar-refractivity contribution in [2.45, 2.75) is 206 Å². The quantitative estimate of drug-likeness (QED) is 0.0426. The monoisotopic (exact) mass is 635 g/mol. The van der Waals surface area contributed by atoms with Gasteiger partial charge in [0.05, 0.1) is 6.61 Å². The van der Waals surface area contributed by atoms with E-state index >= 15 is 0 Å². The summed E-state index contributed by atoms with van der Waals surface area (Å²) >= 11 is 0. The molecule has 0 saturated carbocycles. The van der Waals surface area contributed by atoms with Crippen LogP contribution < -0.4 is 0 Å². The van der Waals surface area contributed by atoms with Crippen molar-refractivity contribution < 1.29 is 24.2 Å². The van der Waals surface area contributed by atoms with E-state index in [-0.39, 0.29) is 25.2 Å². The first-order valence-corrected chi connectivity index (χ1v) is 19.4. The topological polar surface area (TPSA) is 72.8 Å². The predicted octanol–water partition coefficient (Wildman–Crippen LogP) is 11.9. The Bertz CT molecular complexity index is 686. The lowest BCUT2D eigenvalue weighted by atomic mass is 10.0. The van der Waals surface area contributed by atoms with Crippen LogP contribution >= 0.6 is 0 Å². The summed E-state index contributed by atoms with van der Waals surface area (Å²) < 4.78 is 10.6. The number of carbonyl (C=O) groups is 2. The van der Waals surface area contributed by atoms with Crippen LogP contribution in [0.5, 0.6) is 0 Å². The molecule has 0 aromatic rings. The fourth-order valence-electron chi connectivity index (χ4n) is 5.53. The molecule has 5 nitrogen and oxygen atoms in total. The molecule has 0 bridgehead atoms. The Morgan fingerprint density at radius 3 is 1.36 bits per heavy atom. The first kappa shape index (κ1) is 43.4. The minimum atomic E-state index is -0.770. The highest BCUT2D eigenvalue weighted by Gasteiger charge is 2.16. The van der Waals surface area contributed by atoms with Gasteiger partial charge in [0.25, 0.3) is 0 Å². The average molecular weight is 635 g/mol. The van der Waals surface area contributed by atoms with Gasteiger partial charge >= 0.3 is 11.9 Å². The molecule has 0 fully saturated rings. The first-order valence-electron chi connectivity index (χ1n) is 19.4. The first-order chi connectivity index (χ1) is 22.1. The van der Waals surface area contributed by atoms with Crippen molar-refractivity contribution in [1.82, 2.24) is 0 Å². The van der Waals surface area contributed by atoms with Gasteiger partial charge in [0.2, 0.25) is 0 Å². The molecule has 1 N–H and O–H groups in total. The Morgan fingerprint density at radius 1 is 0.511 bits per heavy atom. The van der Waals surface area contributed by atoms with E-state index in [0.29, 0.717) is 12.8 Å². The van der Waals surface area contributed by atoms with E-state index in [1.54, 1.807) is 0 Å². The zero-order chi connectivity index (χ0) is 32.9. The van der Waals surface area contributed by atoms with Crippen molar-refractivity contribution in [3.63, 3.8) is 0 Å². The molecule has 45 heavy (non-hydrogen) atoms. The molecule has 0 aliphatic heterocycles. The molecule has 0 aliphatic carbocycles. The summed E-state index contributed by atoms with van der Waals surface area (Å²) in [6, 6.07) is 0. The van der Waals surface area contributed by atoms with Gasteiger partial charge in [-0.15, -0.1) is 0 Å². The Kier molecular flexibility index (Phi) is 35.5. The van der Waals surface area contributed by atoms with E-state index in [9.17, 15) is 14.7 Å². The van der Waals surface area contributed by atoms with Crippen molar-refractivity contribution in [3.05, 3.63) is 24.3 Å². The fraction of sp³-hybridized carbons (Fsp3) is 0.850. The summed E-state index contributed by atoms with van der Waals surface area (Å²) in [5, 5.41) is 9.54. The summed E-state index contributed by atoms with van der Waals surface area (Å²) in [5.41, 5.74) is 0. The van der Waals surface area contributed by atoms with Crippen LogP contribution in [0.25, 0.3) is 0 Å². The lowest BCUT2D eigenvalue weighted by Crippen LogP contribution is -2.28. The maximum absolute atomic E-state index is 12.2. The van der Waals surface area contributed by atoms with Crippen LogP contribution in [0.3, 0.4) is 0 Å². The van der Waals surface area contributed by atoms with Crippen LogP contribution in [0, 0.1) is 0 Å². The molecule has 1 atom stereocenters. The van der Waals surface area contributed by atoms with Gasteiger partial charge in [0.1, 0.15) is 6.61 Å². The molecule has 0 rings (SSSR count). The van der Waals surface area contributed by atoms with Crippen LogP contribution in [0.1, 0.15) is 200 Å². The smallest absolute Gasteiger partial charge is 0.306 e. The van der Waals surface area contributed by atoms with Crippen LogP contribution in [-0.4, -0.2) is 36.4 Å². The number of unbranched alkanes of at least 4 members (excludes halogenated alkanes) is 23. The van der Waals surface area contributed by atoms with Crippen molar-refractivity contribution in [1.29, 1.82) is 0 Å². The SMILES string of the molecule is CCCCC/C=C/C/C=C/CCCCCCCCCC(=O)O[C@@H](CO)COC(=O)CCCCCCCCCCCCCCCC. The third-order valence-electron chi connectivity index (χ3n) is 8.50. The minimum absolute atomic E-state index is 0.0649. The van der Waals surface area contributed by atoms with E-state index in [1.165, 1.54) is 122 Å². The lowest BCUT2D eigenvalue weighted by molar-refractivity contribution is -0.161. The minimum Gasteiger partial charge on any atom is -0.462 e. The second-order valence-corrected chi connectivity index (χ2v) is 13.0. The van der Waals surface area contributed by atoms with Gasteiger partial charge in [-0.2, -0.15) is 0 Å².